The average Bonchev–Trinajstić information content (AvgIpc) is 3.03. The highest BCUT2D eigenvalue weighted by Crippen LogP contribution is 2.26. The molecule has 0 unspecified atom stereocenters. The van der Waals surface area contributed by atoms with Crippen LogP contribution in [0.25, 0.3) is 0 Å². The fourth-order valence-corrected chi connectivity index (χ4v) is 4.46. The molecule has 3 N–H and O–H groups in total. The Labute approximate surface area is 143 Å². The van der Waals surface area contributed by atoms with Crippen LogP contribution in [0.3, 0.4) is 0 Å². The molecular formula is C17H26N2O4S. The van der Waals surface area contributed by atoms with Crippen LogP contribution in [0.2, 0.25) is 0 Å². The molecule has 0 spiro atoms. The van der Waals surface area contributed by atoms with Crippen molar-refractivity contribution >= 4 is 21.7 Å². The summed E-state index contributed by atoms with van der Waals surface area (Å²) in [6, 6.07) is 4.15. The van der Waals surface area contributed by atoms with Gasteiger partial charge in [0.2, 0.25) is 10.0 Å². The topological polar surface area (TPSA) is 95.5 Å². The number of carboxylic acids is 1. The Hall–Kier alpha value is -1.60. The quantitative estimate of drug-likeness (QED) is 0.592. The van der Waals surface area contributed by atoms with E-state index in [9.17, 15) is 13.2 Å². The van der Waals surface area contributed by atoms with Crippen molar-refractivity contribution in [1.82, 2.24) is 4.72 Å². The molecular weight excluding hydrogens is 328 g/mol. The fraction of sp³-hybridized carbons (Fsp3) is 0.588. The lowest BCUT2D eigenvalue weighted by Gasteiger charge is -2.17. The molecule has 0 aromatic heterocycles. The minimum absolute atomic E-state index is 0.0193. The maximum absolute atomic E-state index is 12.7. The molecule has 7 heteroatoms. The molecule has 1 fully saturated rings. The van der Waals surface area contributed by atoms with E-state index in [0.717, 1.165) is 44.9 Å². The van der Waals surface area contributed by atoms with E-state index >= 15 is 0 Å². The smallest absolute Gasteiger partial charge is 0.335 e. The van der Waals surface area contributed by atoms with Gasteiger partial charge >= 0.3 is 5.97 Å². The SMILES string of the molecule is CCCCCNc1ccc(C(=O)O)cc1S(=O)(=O)NC1CCCC1. The van der Waals surface area contributed by atoms with Gasteiger partial charge in [-0.15, -0.1) is 0 Å². The number of carboxylic acid groups (broad SMARTS) is 1. The van der Waals surface area contributed by atoms with Crippen molar-refractivity contribution in [1.29, 1.82) is 0 Å². The van der Waals surface area contributed by atoms with Crippen LogP contribution in [0.15, 0.2) is 23.1 Å². The minimum Gasteiger partial charge on any atom is -0.478 e. The maximum atomic E-state index is 12.7. The zero-order valence-electron chi connectivity index (χ0n) is 14.0. The molecule has 0 amide bonds. The average molecular weight is 354 g/mol. The predicted octanol–water partition coefficient (Wildman–Crippen LogP) is 3.21. The molecule has 1 aliphatic carbocycles. The number of nitrogens with one attached hydrogen (secondary N) is 2. The number of benzene rings is 1. The first-order valence-electron chi connectivity index (χ1n) is 8.57. The second-order valence-corrected chi connectivity index (χ2v) is 7.94. The van der Waals surface area contributed by atoms with Gasteiger partial charge in [0.15, 0.2) is 0 Å². The van der Waals surface area contributed by atoms with Crippen LogP contribution < -0.4 is 10.0 Å². The van der Waals surface area contributed by atoms with Crippen molar-refractivity contribution < 1.29 is 18.3 Å². The Kier molecular flexibility index (Phi) is 6.62. The lowest BCUT2D eigenvalue weighted by Crippen LogP contribution is -2.33. The van der Waals surface area contributed by atoms with E-state index < -0.39 is 16.0 Å². The van der Waals surface area contributed by atoms with Crippen LogP contribution in [-0.4, -0.2) is 32.1 Å². The van der Waals surface area contributed by atoms with E-state index in [1.54, 1.807) is 6.07 Å². The molecule has 0 atom stereocenters. The van der Waals surface area contributed by atoms with Crippen molar-refractivity contribution in [3.8, 4) is 0 Å². The summed E-state index contributed by atoms with van der Waals surface area (Å²) < 4.78 is 28.2. The minimum atomic E-state index is -3.75. The first-order chi connectivity index (χ1) is 11.4. The van der Waals surface area contributed by atoms with Crippen LogP contribution in [-0.2, 0) is 10.0 Å². The van der Waals surface area contributed by atoms with Crippen LogP contribution >= 0.6 is 0 Å². The van der Waals surface area contributed by atoms with E-state index in [4.69, 9.17) is 5.11 Å². The van der Waals surface area contributed by atoms with E-state index in [1.807, 2.05) is 0 Å². The van der Waals surface area contributed by atoms with Crippen LogP contribution in [0.1, 0.15) is 62.2 Å². The summed E-state index contributed by atoms with van der Waals surface area (Å²) in [5, 5.41) is 12.3. The van der Waals surface area contributed by atoms with E-state index in [1.165, 1.54) is 12.1 Å². The molecule has 0 saturated heterocycles. The Morgan fingerprint density at radius 2 is 1.96 bits per heavy atom. The third kappa shape index (κ3) is 4.95. The fourth-order valence-electron chi connectivity index (χ4n) is 2.95. The summed E-state index contributed by atoms with van der Waals surface area (Å²) in [5.41, 5.74) is 0.433. The molecule has 1 aliphatic rings. The predicted molar refractivity (Wildman–Crippen MR) is 94.0 cm³/mol. The summed E-state index contributed by atoms with van der Waals surface area (Å²) in [4.78, 5) is 11.2. The highest BCUT2D eigenvalue weighted by Gasteiger charge is 2.26. The highest BCUT2D eigenvalue weighted by molar-refractivity contribution is 7.89. The highest BCUT2D eigenvalue weighted by atomic mass is 32.2. The number of hydrogen-bond donors (Lipinski definition) is 3. The Morgan fingerprint density at radius 1 is 1.25 bits per heavy atom. The molecule has 1 saturated carbocycles. The molecule has 0 radical (unpaired) electrons. The van der Waals surface area contributed by atoms with Gasteiger partial charge in [0.05, 0.1) is 11.3 Å². The van der Waals surface area contributed by atoms with E-state index in [0.29, 0.717) is 12.2 Å². The summed E-state index contributed by atoms with van der Waals surface area (Å²) >= 11 is 0. The van der Waals surface area contributed by atoms with Gasteiger partial charge in [-0.3, -0.25) is 0 Å². The maximum Gasteiger partial charge on any atom is 0.335 e. The Balaban J connectivity index is 2.25. The van der Waals surface area contributed by atoms with Crippen LogP contribution in [0, 0.1) is 0 Å². The van der Waals surface area contributed by atoms with Gasteiger partial charge in [0.1, 0.15) is 4.90 Å². The van der Waals surface area contributed by atoms with Gasteiger partial charge in [-0.25, -0.2) is 17.9 Å². The molecule has 0 aliphatic heterocycles. The molecule has 2 rings (SSSR count). The van der Waals surface area contributed by atoms with Crippen molar-refractivity contribution in [2.75, 3.05) is 11.9 Å². The number of sulfonamides is 1. The first kappa shape index (κ1) is 18.7. The second-order valence-electron chi connectivity index (χ2n) is 6.25. The van der Waals surface area contributed by atoms with E-state index in [2.05, 4.69) is 17.0 Å². The lowest BCUT2D eigenvalue weighted by molar-refractivity contribution is 0.0696. The molecule has 24 heavy (non-hydrogen) atoms. The summed E-state index contributed by atoms with van der Waals surface area (Å²) in [6.45, 7) is 2.76. The van der Waals surface area contributed by atoms with Crippen molar-refractivity contribution in [2.24, 2.45) is 0 Å². The third-order valence-corrected chi connectivity index (χ3v) is 5.85. The van der Waals surface area contributed by atoms with Gasteiger partial charge < -0.3 is 10.4 Å². The number of hydrogen-bond acceptors (Lipinski definition) is 4. The standard InChI is InChI=1S/C17H26N2O4S/c1-2-3-6-11-18-15-10-9-13(17(20)21)12-16(15)24(22,23)19-14-7-4-5-8-14/h9-10,12,14,18-19H,2-8,11H2,1H3,(H,20,21). The zero-order valence-corrected chi connectivity index (χ0v) is 14.9. The van der Waals surface area contributed by atoms with Gasteiger partial charge in [-0.05, 0) is 37.5 Å². The van der Waals surface area contributed by atoms with Gasteiger partial charge in [0.25, 0.3) is 0 Å². The number of aromatic carboxylic acids is 1. The molecule has 134 valence electrons. The van der Waals surface area contributed by atoms with Crippen LogP contribution in [0.4, 0.5) is 5.69 Å². The van der Waals surface area contributed by atoms with Gasteiger partial charge in [-0.2, -0.15) is 0 Å². The summed E-state index contributed by atoms with van der Waals surface area (Å²) in [5.74, 6) is -1.13. The van der Waals surface area contributed by atoms with Crippen LogP contribution in [0.5, 0.6) is 0 Å². The largest absolute Gasteiger partial charge is 0.478 e. The van der Waals surface area contributed by atoms with Gasteiger partial charge in [0, 0.05) is 12.6 Å². The number of anilines is 1. The number of rotatable bonds is 9. The lowest BCUT2D eigenvalue weighted by atomic mass is 10.2. The molecule has 1 aromatic rings. The van der Waals surface area contributed by atoms with Crippen molar-refractivity contribution in [3.05, 3.63) is 23.8 Å². The molecule has 0 bridgehead atoms. The summed E-state index contributed by atoms with van der Waals surface area (Å²) in [7, 11) is -3.75. The zero-order chi connectivity index (χ0) is 17.6. The normalized spacial score (nSPS) is 15.5. The van der Waals surface area contributed by atoms with Crippen molar-refractivity contribution in [2.45, 2.75) is 62.8 Å². The number of unbranched alkanes of at least 4 members (excludes halogenated alkanes) is 2. The monoisotopic (exact) mass is 354 g/mol. The second kappa shape index (κ2) is 8.48. The van der Waals surface area contributed by atoms with Crippen molar-refractivity contribution in [3.63, 3.8) is 0 Å². The van der Waals surface area contributed by atoms with Gasteiger partial charge in [-0.1, -0.05) is 32.6 Å². The third-order valence-electron chi connectivity index (χ3n) is 4.29. The molecule has 6 nitrogen and oxygen atoms in total. The first-order valence-corrected chi connectivity index (χ1v) is 10.1. The number of carbonyl (C=O) groups is 1. The molecule has 1 aromatic carbocycles. The molecule has 0 heterocycles. The summed E-state index contributed by atoms with van der Waals surface area (Å²) in [6.07, 6.45) is 6.77. The van der Waals surface area contributed by atoms with E-state index in [-0.39, 0.29) is 16.5 Å². The Bertz CT molecular complexity index is 667. The Morgan fingerprint density at radius 3 is 2.58 bits per heavy atom.